The van der Waals surface area contributed by atoms with Gasteiger partial charge in [0.2, 0.25) is 0 Å². The molecule has 0 amide bonds. The summed E-state index contributed by atoms with van der Waals surface area (Å²) in [7, 11) is 0. The summed E-state index contributed by atoms with van der Waals surface area (Å²) in [6, 6.07) is 13.7. The molecule has 21 heavy (non-hydrogen) atoms. The molecule has 1 N–H and O–H groups in total. The smallest absolute Gasteiger partial charge is 0.336 e. The quantitative estimate of drug-likeness (QED) is 0.771. The Kier molecular flexibility index (Phi) is 3.14. The van der Waals surface area contributed by atoms with Crippen LogP contribution >= 0.6 is 0 Å². The maximum Gasteiger partial charge on any atom is 0.336 e. The highest BCUT2D eigenvalue weighted by molar-refractivity contribution is 6.05. The maximum absolute atomic E-state index is 14.0. The third-order valence-corrected chi connectivity index (χ3v) is 3.47. The monoisotopic (exact) mass is 281 g/mol. The molecule has 0 aliphatic rings. The van der Waals surface area contributed by atoms with Crippen LogP contribution in [0, 0.1) is 12.7 Å². The molecule has 1 aromatic heterocycles. The summed E-state index contributed by atoms with van der Waals surface area (Å²) in [5, 5.41) is 9.52. The van der Waals surface area contributed by atoms with Crippen LogP contribution in [0.1, 0.15) is 15.9 Å². The van der Waals surface area contributed by atoms with Gasteiger partial charge in [-0.2, -0.15) is 0 Å². The predicted octanol–water partition coefficient (Wildman–Crippen LogP) is 4.05. The summed E-state index contributed by atoms with van der Waals surface area (Å²) in [6.45, 7) is 1.66. The van der Waals surface area contributed by atoms with Gasteiger partial charge in [0.25, 0.3) is 0 Å². The van der Waals surface area contributed by atoms with Crippen LogP contribution in [0.15, 0.2) is 48.5 Å². The first-order chi connectivity index (χ1) is 10.1. The van der Waals surface area contributed by atoms with Gasteiger partial charge in [0.1, 0.15) is 5.82 Å². The van der Waals surface area contributed by atoms with Crippen LogP contribution in [0.3, 0.4) is 0 Å². The van der Waals surface area contributed by atoms with E-state index in [2.05, 4.69) is 4.98 Å². The number of carboxylic acid groups (broad SMARTS) is 1. The van der Waals surface area contributed by atoms with E-state index in [1.165, 1.54) is 12.1 Å². The minimum Gasteiger partial charge on any atom is -0.478 e. The zero-order valence-electron chi connectivity index (χ0n) is 11.3. The van der Waals surface area contributed by atoms with Crippen LogP contribution < -0.4 is 0 Å². The number of rotatable bonds is 2. The van der Waals surface area contributed by atoms with Gasteiger partial charge < -0.3 is 5.11 Å². The zero-order chi connectivity index (χ0) is 15.0. The minimum atomic E-state index is -1.15. The second-order valence-corrected chi connectivity index (χ2v) is 4.77. The molecule has 104 valence electrons. The van der Waals surface area contributed by atoms with Crippen LogP contribution in [-0.4, -0.2) is 16.1 Å². The molecule has 3 rings (SSSR count). The molecule has 3 nitrogen and oxygen atoms in total. The Balaban J connectivity index is 2.44. The molecule has 4 heteroatoms. The highest BCUT2D eigenvalue weighted by atomic mass is 19.1. The second-order valence-electron chi connectivity index (χ2n) is 4.77. The molecular formula is C17H12FNO2. The van der Waals surface area contributed by atoms with E-state index in [1.807, 2.05) is 30.3 Å². The molecule has 0 aliphatic carbocycles. The fourth-order valence-electron chi connectivity index (χ4n) is 2.51. The fourth-order valence-corrected chi connectivity index (χ4v) is 2.51. The summed E-state index contributed by atoms with van der Waals surface area (Å²) in [4.78, 5) is 16.0. The average molecular weight is 281 g/mol. The van der Waals surface area contributed by atoms with Crippen molar-refractivity contribution in [2.75, 3.05) is 0 Å². The first-order valence-electron chi connectivity index (χ1n) is 6.47. The molecular weight excluding hydrogens is 269 g/mol. The first-order valence-corrected chi connectivity index (χ1v) is 6.47. The Morgan fingerprint density at radius 1 is 1.10 bits per heavy atom. The van der Waals surface area contributed by atoms with E-state index in [4.69, 9.17) is 0 Å². The highest BCUT2D eigenvalue weighted by Crippen LogP contribution is 2.30. The highest BCUT2D eigenvalue weighted by Gasteiger charge is 2.20. The zero-order valence-corrected chi connectivity index (χ0v) is 11.3. The second kappa shape index (κ2) is 4.98. The molecule has 0 saturated carbocycles. The number of pyridine rings is 1. The number of hydrogen-bond acceptors (Lipinski definition) is 2. The van der Waals surface area contributed by atoms with Gasteiger partial charge in [-0.25, -0.2) is 14.2 Å². The summed E-state index contributed by atoms with van der Waals surface area (Å²) in [5.74, 6) is -1.72. The third-order valence-electron chi connectivity index (χ3n) is 3.47. The largest absolute Gasteiger partial charge is 0.478 e. The molecule has 0 aliphatic heterocycles. The lowest BCUT2D eigenvalue weighted by atomic mass is 9.97. The number of benzene rings is 2. The third kappa shape index (κ3) is 2.14. The molecule has 0 radical (unpaired) electrons. The lowest BCUT2D eigenvalue weighted by Crippen LogP contribution is -2.06. The Hall–Kier alpha value is -2.75. The van der Waals surface area contributed by atoms with Gasteiger partial charge in [-0.15, -0.1) is 0 Å². The number of halogens is 1. The Morgan fingerprint density at radius 3 is 2.48 bits per heavy atom. The minimum absolute atomic E-state index is 0.0306. The molecule has 0 spiro atoms. The van der Waals surface area contributed by atoms with Crippen molar-refractivity contribution in [3.05, 3.63) is 65.5 Å². The normalized spacial score (nSPS) is 10.8. The number of hydrogen-bond donors (Lipinski definition) is 1. The van der Waals surface area contributed by atoms with Crippen LogP contribution in [0.5, 0.6) is 0 Å². The van der Waals surface area contributed by atoms with Crippen molar-refractivity contribution < 1.29 is 14.3 Å². The number of carbonyl (C=O) groups is 1. The van der Waals surface area contributed by atoms with Gasteiger partial charge in [-0.05, 0) is 24.6 Å². The van der Waals surface area contributed by atoms with Gasteiger partial charge in [-0.3, -0.25) is 0 Å². The summed E-state index contributed by atoms with van der Waals surface area (Å²) in [6.07, 6.45) is 0. The van der Waals surface area contributed by atoms with Gasteiger partial charge in [-0.1, -0.05) is 36.4 Å². The topological polar surface area (TPSA) is 50.2 Å². The molecule has 1 heterocycles. The summed E-state index contributed by atoms with van der Waals surface area (Å²) >= 11 is 0. The molecule has 2 aromatic carbocycles. The van der Waals surface area contributed by atoms with Gasteiger partial charge >= 0.3 is 5.97 Å². The molecule has 0 unspecified atom stereocenters. The van der Waals surface area contributed by atoms with Gasteiger partial charge in [0, 0.05) is 5.56 Å². The van der Waals surface area contributed by atoms with Crippen LogP contribution in [-0.2, 0) is 0 Å². The Morgan fingerprint density at radius 2 is 1.81 bits per heavy atom. The number of nitrogens with zero attached hydrogens (tertiary/aromatic N) is 1. The van der Waals surface area contributed by atoms with E-state index < -0.39 is 11.8 Å². The number of aromatic carboxylic acids is 1. The average Bonchev–Trinajstić information content (AvgIpc) is 2.48. The van der Waals surface area contributed by atoms with Gasteiger partial charge in [0.05, 0.1) is 22.2 Å². The lowest BCUT2D eigenvalue weighted by Gasteiger charge is -2.12. The van der Waals surface area contributed by atoms with E-state index in [9.17, 15) is 14.3 Å². The molecule has 0 bridgehead atoms. The van der Waals surface area contributed by atoms with Crippen LogP contribution in [0.25, 0.3) is 22.2 Å². The van der Waals surface area contributed by atoms with E-state index in [1.54, 1.807) is 13.0 Å². The maximum atomic E-state index is 14.0. The van der Waals surface area contributed by atoms with Crippen molar-refractivity contribution in [3.8, 4) is 11.3 Å². The molecule has 0 fully saturated rings. The van der Waals surface area contributed by atoms with Crippen molar-refractivity contribution >= 4 is 16.9 Å². The SMILES string of the molecule is Cc1c(-c2ccccc2)nc2cccc(F)c2c1C(=O)O. The van der Waals surface area contributed by atoms with Crippen molar-refractivity contribution in [1.82, 2.24) is 4.98 Å². The van der Waals surface area contributed by atoms with E-state index in [0.717, 1.165) is 5.56 Å². The fraction of sp³-hybridized carbons (Fsp3) is 0.0588. The summed E-state index contributed by atoms with van der Waals surface area (Å²) < 4.78 is 14.0. The van der Waals surface area contributed by atoms with E-state index in [0.29, 0.717) is 16.8 Å². The molecule has 0 atom stereocenters. The lowest BCUT2D eigenvalue weighted by molar-refractivity contribution is 0.0698. The van der Waals surface area contributed by atoms with Crippen molar-refractivity contribution in [3.63, 3.8) is 0 Å². The standard InChI is InChI=1S/C17H12FNO2/c1-10-14(17(20)21)15-12(18)8-5-9-13(15)19-16(10)11-6-3-2-4-7-11/h2-9H,1H3,(H,20,21). The number of carboxylic acids is 1. The van der Waals surface area contributed by atoms with Crippen molar-refractivity contribution in [2.45, 2.75) is 6.92 Å². The first kappa shape index (κ1) is 13.2. The molecule has 0 saturated heterocycles. The molecule has 3 aromatic rings. The van der Waals surface area contributed by atoms with Crippen LogP contribution in [0.4, 0.5) is 4.39 Å². The Bertz CT molecular complexity index is 844. The Labute approximate surface area is 120 Å². The van der Waals surface area contributed by atoms with E-state index in [-0.39, 0.29) is 10.9 Å². The predicted molar refractivity (Wildman–Crippen MR) is 78.8 cm³/mol. The van der Waals surface area contributed by atoms with Crippen molar-refractivity contribution in [2.24, 2.45) is 0 Å². The number of fused-ring (bicyclic) bond motifs is 1. The van der Waals surface area contributed by atoms with Crippen molar-refractivity contribution in [1.29, 1.82) is 0 Å². The van der Waals surface area contributed by atoms with Crippen LogP contribution in [0.2, 0.25) is 0 Å². The van der Waals surface area contributed by atoms with E-state index >= 15 is 0 Å². The number of aromatic nitrogens is 1. The summed E-state index contributed by atoms with van der Waals surface area (Å²) in [5.41, 5.74) is 2.15. The van der Waals surface area contributed by atoms with Gasteiger partial charge in [0.15, 0.2) is 0 Å².